The number of rotatable bonds is 6. The van der Waals surface area contributed by atoms with Crippen molar-refractivity contribution in [2.45, 2.75) is 50.7 Å². The van der Waals surface area contributed by atoms with Crippen molar-refractivity contribution in [2.75, 3.05) is 38.2 Å². The number of hydrogen-bond donors (Lipinski definition) is 3. The fraction of sp³-hybridized carbons (Fsp3) is 0.650. The van der Waals surface area contributed by atoms with Crippen LogP contribution in [0.2, 0.25) is 0 Å². The molecule has 144 valence electrons. The summed E-state index contributed by atoms with van der Waals surface area (Å²) in [6, 6.07) is 7.64. The van der Waals surface area contributed by atoms with E-state index in [0.717, 1.165) is 56.9 Å². The van der Waals surface area contributed by atoms with Gasteiger partial charge in [-0.15, -0.1) is 0 Å². The SMILES string of the molecule is O=C(Nc1ccc(C(O)CCN2CCOCC2)cc1)NC1CCCCC1. The molecule has 1 saturated carbocycles. The number of hydrogen-bond acceptors (Lipinski definition) is 4. The quantitative estimate of drug-likeness (QED) is 0.728. The van der Waals surface area contributed by atoms with Crippen molar-refractivity contribution in [3.63, 3.8) is 0 Å². The Morgan fingerprint density at radius 1 is 1.15 bits per heavy atom. The lowest BCUT2D eigenvalue weighted by atomic mass is 9.96. The highest BCUT2D eigenvalue weighted by Crippen LogP contribution is 2.20. The maximum absolute atomic E-state index is 12.1. The fourth-order valence-electron chi connectivity index (χ4n) is 3.68. The van der Waals surface area contributed by atoms with Gasteiger partial charge < -0.3 is 20.5 Å². The molecule has 6 nitrogen and oxygen atoms in total. The van der Waals surface area contributed by atoms with E-state index in [1.165, 1.54) is 19.3 Å². The van der Waals surface area contributed by atoms with E-state index in [0.29, 0.717) is 12.5 Å². The van der Waals surface area contributed by atoms with Crippen molar-refractivity contribution < 1.29 is 14.6 Å². The summed E-state index contributed by atoms with van der Waals surface area (Å²) in [5.41, 5.74) is 1.64. The molecule has 1 saturated heterocycles. The number of carbonyl (C=O) groups excluding carboxylic acids is 1. The lowest BCUT2D eigenvalue weighted by Crippen LogP contribution is -2.39. The van der Waals surface area contributed by atoms with Crippen LogP contribution in [0.1, 0.15) is 50.2 Å². The largest absolute Gasteiger partial charge is 0.388 e. The van der Waals surface area contributed by atoms with Crippen LogP contribution in [0, 0.1) is 0 Å². The number of anilines is 1. The molecule has 1 heterocycles. The first-order valence-corrected chi connectivity index (χ1v) is 9.86. The van der Waals surface area contributed by atoms with Gasteiger partial charge in [-0.05, 0) is 37.0 Å². The molecule has 1 aromatic rings. The zero-order chi connectivity index (χ0) is 18.2. The van der Waals surface area contributed by atoms with Crippen LogP contribution in [0.25, 0.3) is 0 Å². The number of aliphatic hydroxyl groups excluding tert-OH is 1. The molecular formula is C20H31N3O3. The van der Waals surface area contributed by atoms with Crippen LogP contribution in [0.5, 0.6) is 0 Å². The molecule has 1 aromatic carbocycles. The van der Waals surface area contributed by atoms with Crippen LogP contribution >= 0.6 is 0 Å². The third-order valence-corrected chi connectivity index (χ3v) is 5.32. The molecule has 1 atom stereocenters. The maximum atomic E-state index is 12.1. The van der Waals surface area contributed by atoms with Crippen LogP contribution in [0.15, 0.2) is 24.3 Å². The number of carbonyl (C=O) groups is 1. The summed E-state index contributed by atoms with van der Waals surface area (Å²) in [7, 11) is 0. The van der Waals surface area contributed by atoms with E-state index in [2.05, 4.69) is 15.5 Å². The number of morpholine rings is 1. The zero-order valence-corrected chi connectivity index (χ0v) is 15.5. The first-order valence-electron chi connectivity index (χ1n) is 9.86. The van der Waals surface area contributed by atoms with Crippen LogP contribution in [-0.4, -0.2) is 54.9 Å². The Labute approximate surface area is 155 Å². The Balaban J connectivity index is 1.42. The molecule has 0 aromatic heterocycles. The molecule has 6 heteroatoms. The van der Waals surface area contributed by atoms with Crippen molar-refractivity contribution in [1.29, 1.82) is 0 Å². The topological polar surface area (TPSA) is 73.8 Å². The number of amides is 2. The van der Waals surface area contributed by atoms with E-state index in [1.54, 1.807) is 0 Å². The first-order chi connectivity index (χ1) is 12.7. The van der Waals surface area contributed by atoms with Gasteiger partial charge in [0.1, 0.15) is 0 Å². The summed E-state index contributed by atoms with van der Waals surface area (Å²) in [4.78, 5) is 14.4. The van der Waals surface area contributed by atoms with Gasteiger partial charge in [-0.3, -0.25) is 4.90 Å². The first kappa shape index (κ1) is 19.1. The molecule has 0 spiro atoms. The summed E-state index contributed by atoms with van der Waals surface area (Å²) in [6.45, 7) is 4.30. The van der Waals surface area contributed by atoms with Gasteiger partial charge in [-0.25, -0.2) is 4.79 Å². The van der Waals surface area contributed by atoms with Gasteiger partial charge in [-0.1, -0.05) is 31.4 Å². The van der Waals surface area contributed by atoms with Crippen LogP contribution < -0.4 is 10.6 Å². The second kappa shape index (κ2) is 9.90. The van der Waals surface area contributed by atoms with Crippen LogP contribution in [-0.2, 0) is 4.74 Å². The number of nitrogens with zero attached hydrogens (tertiary/aromatic N) is 1. The standard InChI is InChI=1S/C20H31N3O3/c24-19(10-11-23-12-14-26-15-13-23)16-6-8-18(9-7-16)22-20(25)21-17-4-2-1-3-5-17/h6-9,17,19,24H,1-5,10-15H2,(H2,21,22,25). The summed E-state index contributed by atoms with van der Waals surface area (Å²) in [6.07, 6.45) is 6.03. The molecule has 2 fully saturated rings. The Morgan fingerprint density at radius 3 is 2.54 bits per heavy atom. The van der Waals surface area contributed by atoms with Crippen LogP contribution in [0.3, 0.4) is 0 Å². The minimum Gasteiger partial charge on any atom is -0.388 e. The highest BCUT2D eigenvalue weighted by Gasteiger charge is 2.16. The van der Waals surface area contributed by atoms with Crippen LogP contribution in [0.4, 0.5) is 10.5 Å². The molecule has 0 radical (unpaired) electrons. The Bertz CT molecular complexity index is 552. The second-order valence-corrected chi connectivity index (χ2v) is 7.31. The predicted octanol–water partition coefficient (Wildman–Crippen LogP) is 2.90. The van der Waals surface area contributed by atoms with E-state index in [9.17, 15) is 9.90 Å². The number of nitrogens with one attached hydrogen (secondary N) is 2. The normalized spacial score (nSPS) is 20.5. The molecule has 3 N–H and O–H groups in total. The Hall–Kier alpha value is -1.63. The minimum absolute atomic E-state index is 0.141. The number of benzene rings is 1. The molecule has 1 aliphatic carbocycles. The molecule has 1 unspecified atom stereocenters. The van der Waals surface area contributed by atoms with Crippen molar-refractivity contribution in [2.24, 2.45) is 0 Å². The molecular weight excluding hydrogens is 330 g/mol. The molecule has 26 heavy (non-hydrogen) atoms. The molecule has 1 aliphatic heterocycles. The monoisotopic (exact) mass is 361 g/mol. The molecule has 0 bridgehead atoms. The fourth-order valence-corrected chi connectivity index (χ4v) is 3.68. The van der Waals surface area contributed by atoms with Gasteiger partial charge in [0.15, 0.2) is 0 Å². The minimum atomic E-state index is -0.483. The average molecular weight is 361 g/mol. The summed E-state index contributed by atoms with van der Waals surface area (Å²) >= 11 is 0. The molecule has 2 amide bonds. The highest BCUT2D eigenvalue weighted by atomic mass is 16.5. The van der Waals surface area contributed by atoms with Crippen molar-refractivity contribution >= 4 is 11.7 Å². The van der Waals surface area contributed by atoms with E-state index >= 15 is 0 Å². The number of urea groups is 1. The zero-order valence-electron chi connectivity index (χ0n) is 15.5. The molecule has 2 aliphatic rings. The van der Waals surface area contributed by atoms with Crippen molar-refractivity contribution in [3.8, 4) is 0 Å². The van der Waals surface area contributed by atoms with Crippen molar-refractivity contribution in [1.82, 2.24) is 10.2 Å². The highest BCUT2D eigenvalue weighted by molar-refractivity contribution is 5.89. The Morgan fingerprint density at radius 2 is 1.85 bits per heavy atom. The predicted molar refractivity (Wildman–Crippen MR) is 102 cm³/mol. The summed E-state index contributed by atoms with van der Waals surface area (Å²) in [5.74, 6) is 0. The van der Waals surface area contributed by atoms with Gasteiger partial charge in [0, 0.05) is 31.4 Å². The summed E-state index contributed by atoms with van der Waals surface area (Å²) in [5, 5.41) is 16.3. The third-order valence-electron chi connectivity index (χ3n) is 5.32. The smallest absolute Gasteiger partial charge is 0.319 e. The number of ether oxygens (including phenoxy) is 1. The average Bonchev–Trinajstić information content (AvgIpc) is 2.68. The lowest BCUT2D eigenvalue weighted by Gasteiger charge is -2.27. The van der Waals surface area contributed by atoms with E-state index < -0.39 is 6.10 Å². The van der Waals surface area contributed by atoms with Gasteiger partial charge >= 0.3 is 6.03 Å². The maximum Gasteiger partial charge on any atom is 0.319 e. The molecule has 3 rings (SSSR count). The summed E-state index contributed by atoms with van der Waals surface area (Å²) < 4.78 is 5.34. The Kier molecular flexibility index (Phi) is 7.29. The number of aliphatic hydroxyl groups is 1. The lowest BCUT2D eigenvalue weighted by molar-refractivity contribution is 0.0300. The van der Waals surface area contributed by atoms with E-state index in [1.807, 2.05) is 24.3 Å². The van der Waals surface area contributed by atoms with E-state index in [-0.39, 0.29) is 6.03 Å². The van der Waals surface area contributed by atoms with Gasteiger partial charge in [0.2, 0.25) is 0 Å². The van der Waals surface area contributed by atoms with Gasteiger partial charge in [0.25, 0.3) is 0 Å². The van der Waals surface area contributed by atoms with E-state index in [4.69, 9.17) is 4.74 Å². The van der Waals surface area contributed by atoms with Gasteiger partial charge in [0.05, 0.1) is 19.3 Å². The second-order valence-electron chi connectivity index (χ2n) is 7.31. The van der Waals surface area contributed by atoms with Crippen molar-refractivity contribution in [3.05, 3.63) is 29.8 Å². The van der Waals surface area contributed by atoms with Gasteiger partial charge in [-0.2, -0.15) is 0 Å². The third kappa shape index (κ3) is 5.97.